The average molecular weight is 458 g/mol. The lowest BCUT2D eigenvalue weighted by molar-refractivity contribution is -0.124. The van der Waals surface area contributed by atoms with Crippen LogP contribution in [0, 0.1) is 13.8 Å². The van der Waals surface area contributed by atoms with E-state index in [1.807, 2.05) is 74.5 Å². The highest BCUT2D eigenvalue weighted by molar-refractivity contribution is 8.02. The lowest BCUT2D eigenvalue weighted by Gasteiger charge is -2.33. The largest absolute Gasteiger partial charge is 0.325 e. The summed E-state index contributed by atoms with van der Waals surface area (Å²) in [5.74, 6) is -0.506. The molecular weight excluding hydrogens is 434 g/mol. The molecule has 1 spiro atoms. The molecular formula is C26H23N3O3S. The monoisotopic (exact) mass is 457 g/mol. The summed E-state index contributed by atoms with van der Waals surface area (Å²) in [5.41, 5.74) is 4.90. The molecule has 1 atom stereocenters. The van der Waals surface area contributed by atoms with Crippen molar-refractivity contribution in [1.29, 1.82) is 0 Å². The van der Waals surface area contributed by atoms with E-state index in [-0.39, 0.29) is 30.0 Å². The molecule has 0 aromatic heterocycles. The van der Waals surface area contributed by atoms with Crippen molar-refractivity contribution in [2.75, 3.05) is 27.4 Å². The van der Waals surface area contributed by atoms with E-state index in [0.29, 0.717) is 17.1 Å². The first-order valence-corrected chi connectivity index (χ1v) is 11.7. The van der Waals surface area contributed by atoms with Crippen LogP contribution in [-0.2, 0) is 19.3 Å². The quantitative estimate of drug-likeness (QED) is 0.637. The van der Waals surface area contributed by atoms with Crippen LogP contribution in [0.15, 0.2) is 72.8 Å². The van der Waals surface area contributed by atoms with Crippen LogP contribution in [-0.4, -0.2) is 30.0 Å². The Balaban J connectivity index is 1.54. The van der Waals surface area contributed by atoms with Crippen LogP contribution in [0.25, 0.3) is 0 Å². The van der Waals surface area contributed by atoms with Crippen LogP contribution in [0.1, 0.15) is 16.7 Å². The predicted molar refractivity (Wildman–Crippen MR) is 131 cm³/mol. The molecule has 2 aliphatic rings. The first kappa shape index (κ1) is 21.3. The van der Waals surface area contributed by atoms with E-state index in [1.165, 1.54) is 16.7 Å². The standard InChI is InChI=1S/C26H23N3O3S/c1-17-12-13-20(14-18(17)2)29-24(31)16-33-26(29)21-10-6-7-11-22(21)28(25(26)32)15-23(30)27-19-8-4-3-5-9-19/h3-14H,15-16H2,1-2H3,(H,27,30). The highest BCUT2D eigenvalue weighted by Crippen LogP contribution is 2.55. The molecule has 6 nitrogen and oxygen atoms in total. The first-order valence-electron chi connectivity index (χ1n) is 10.7. The van der Waals surface area contributed by atoms with Crippen molar-refractivity contribution in [1.82, 2.24) is 0 Å². The number of nitrogens with one attached hydrogen (secondary N) is 1. The summed E-state index contributed by atoms with van der Waals surface area (Å²) >= 11 is 1.31. The average Bonchev–Trinajstić information content (AvgIpc) is 3.27. The van der Waals surface area contributed by atoms with Gasteiger partial charge in [0.2, 0.25) is 16.7 Å². The van der Waals surface area contributed by atoms with E-state index in [2.05, 4.69) is 5.32 Å². The lowest BCUT2D eigenvalue weighted by Crippen LogP contribution is -2.50. The van der Waals surface area contributed by atoms with Crippen molar-refractivity contribution in [2.45, 2.75) is 18.7 Å². The number of fused-ring (bicyclic) bond motifs is 2. The molecule has 2 aliphatic heterocycles. The Morgan fingerprint density at radius 2 is 1.70 bits per heavy atom. The Kier molecular flexibility index (Phi) is 5.21. The summed E-state index contributed by atoms with van der Waals surface area (Å²) in [7, 11) is 0. The number of para-hydroxylation sites is 2. The number of hydrogen-bond donors (Lipinski definition) is 1. The van der Waals surface area contributed by atoms with E-state index in [4.69, 9.17) is 0 Å². The third kappa shape index (κ3) is 3.40. The minimum atomic E-state index is -1.22. The number of anilines is 3. The fourth-order valence-corrected chi connectivity index (χ4v) is 5.80. The van der Waals surface area contributed by atoms with Crippen LogP contribution < -0.4 is 15.1 Å². The highest BCUT2D eigenvalue weighted by Gasteiger charge is 2.61. The summed E-state index contributed by atoms with van der Waals surface area (Å²) in [4.78, 5) is 41.8. The molecule has 7 heteroatoms. The Labute approximate surface area is 196 Å². The molecule has 1 fully saturated rings. The molecule has 3 amide bonds. The molecule has 0 radical (unpaired) electrons. The molecule has 166 valence electrons. The van der Waals surface area contributed by atoms with Crippen LogP contribution >= 0.6 is 11.8 Å². The van der Waals surface area contributed by atoms with Crippen LogP contribution in [0.4, 0.5) is 17.1 Å². The smallest absolute Gasteiger partial charge is 0.269 e. The first-order chi connectivity index (χ1) is 15.9. The molecule has 5 rings (SSSR count). The third-order valence-corrected chi connectivity index (χ3v) is 7.56. The topological polar surface area (TPSA) is 69.7 Å². The summed E-state index contributed by atoms with van der Waals surface area (Å²) < 4.78 is 0. The second-order valence-corrected chi connectivity index (χ2v) is 9.42. The van der Waals surface area contributed by atoms with Gasteiger partial charge < -0.3 is 5.32 Å². The summed E-state index contributed by atoms with van der Waals surface area (Å²) in [6.07, 6.45) is 0. The second kappa shape index (κ2) is 8.08. The summed E-state index contributed by atoms with van der Waals surface area (Å²) in [5, 5.41) is 2.84. The maximum Gasteiger partial charge on any atom is 0.269 e. The van der Waals surface area contributed by atoms with Crippen molar-refractivity contribution in [3.05, 3.63) is 89.5 Å². The van der Waals surface area contributed by atoms with Gasteiger partial charge in [-0.25, -0.2) is 0 Å². The van der Waals surface area contributed by atoms with Crippen LogP contribution in [0.3, 0.4) is 0 Å². The van der Waals surface area contributed by atoms with Crippen molar-refractivity contribution in [3.63, 3.8) is 0 Å². The van der Waals surface area contributed by atoms with Crippen LogP contribution in [0.2, 0.25) is 0 Å². The van der Waals surface area contributed by atoms with Gasteiger partial charge >= 0.3 is 0 Å². The van der Waals surface area contributed by atoms with Crippen molar-refractivity contribution in [3.8, 4) is 0 Å². The van der Waals surface area contributed by atoms with Gasteiger partial charge in [-0.05, 0) is 55.3 Å². The minimum Gasteiger partial charge on any atom is -0.325 e. The third-order valence-electron chi connectivity index (χ3n) is 6.17. The SMILES string of the molecule is Cc1ccc(N2C(=O)CSC23C(=O)N(CC(=O)Nc2ccccc2)c2ccccc23)cc1C. The van der Waals surface area contributed by atoms with E-state index in [1.54, 1.807) is 17.0 Å². The van der Waals surface area contributed by atoms with Crippen molar-refractivity contribution in [2.24, 2.45) is 0 Å². The van der Waals surface area contributed by atoms with Gasteiger partial charge in [-0.3, -0.25) is 24.2 Å². The minimum absolute atomic E-state index is 0.123. The molecule has 33 heavy (non-hydrogen) atoms. The van der Waals surface area contributed by atoms with Crippen molar-refractivity contribution < 1.29 is 14.4 Å². The van der Waals surface area contributed by atoms with Gasteiger partial charge in [-0.2, -0.15) is 0 Å². The number of carbonyl (C=O) groups excluding carboxylic acids is 3. The molecule has 3 aromatic rings. The molecule has 0 bridgehead atoms. The number of benzene rings is 3. The van der Waals surface area contributed by atoms with E-state index >= 15 is 0 Å². The van der Waals surface area contributed by atoms with Gasteiger partial charge in [0.1, 0.15) is 6.54 Å². The molecule has 1 unspecified atom stereocenters. The number of hydrogen-bond acceptors (Lipinski definition) is 4. The number of rotatable bonds is 4. The van der Waals surface area contributed by atoms with E-state index in [9.17, 15) is 14.4 Å². The molecule has 1 saturated heterocycles. The Bertz CT molecular complexity index is 1280. The molecule has 2 heterocycles. The summed E-state index contributed by atoms with van der Waals surface area (Å²) in [6.45, 7) is 3.87. The second-order valence-electron chi connectivity index (χ2n) is 8.25. The number of amides is 3. The van der Waals surface area contributed by atoms with Gasteiger partial charge in [-0.1, -0.05) is 42.5 Å². The van der Waals surface area contributed by atoms with E-state index < -0.39 is 4.87 Å². The highest BCUT2D eigenvalue weighted by atomic mass is 32.2. The van der Waals surface area contributed by atoms with E-state index in [0.717, 1.165) is 16.7 Å². The zero-order chi connectivity index (χ0) is 23.2. The number of aryl methyl sites for hydroxylation is 2. The predicted octanol–water partition coefficient (Wildman–Crippen LogP) is 4.22. The van der Waals surface area contributed by atoms with Gasteiger partial charge in [0, 0.05) is 16.9 Å². The van der Waals surface area contributed by atoms with Gasteiger partial charge in [0.05, 0.1) is 11.4 Å². The maximum atomic E-state index is 14.0. The van der Waals surface area contributed by atoms with Gasteiger partial charge in [-0.15, -0.1) is 11.8 Å². The number of carbonyl (C=O) groups is 3. The fourth-order valence-electron chi connectivity index (χ4n) is 4.44. The Morgan fingerprint density at radius 3 is 2.45 bits per heavy atom. The zero-order valence-corrected chi connectivity index (χ0v) is 19.2. The van der Waals surface area contributed by atoms with Crippen LogP contribution in [0.5, 0.6) is 0 Å². The summed E-state index contributed by atoms with van der Waals surface area (Å²) in [6, 6.07) is 22.3. The maximum absolute atomic E-state index is 14.0. The number of nitrogens with zero attached hydrogens (tertiary/aromatic N) is 2. The number of thioether (sulfide) groups is 1. The fraction of sp³-hybridized carbons (Fsp3) is 0.192. The Morgan fingerprint density at radius 1 is 0.970 bits per heavy atom. The lowest BCUT2D eigenvalue weighted by atomic mass is 10.0. The Hall–Kier alpha value is -3.58. The normalized spacial score (nSPS) is 19.3. The molecule has 0 aliphatic carbocycles. The van der Waals surface area contributed by atoms with Gasteiger partial charge in [0.15, 0.2) is 0 Å². The molecule has 3 aromatic carbocycles. The molecule has 1 N–H and O–H groups in total. The molecule has 0 saturated carbocycles. The van der Waals surface area contributed by atoms with Gasteiger partial charge in [0.25, 0.3) is 5.91 Å². The zero-order valence-electron chi connectivity index (χ0n) is 18.4. The van der Waals surface area contributed by atoms with Crippen molar-refractivity contribution >= 4 is 46.5 Å².